The maximum Gasteiger partial charge on any atom is 0.193 e. The van der Waals surface area contributed by atoms with Gasteiger partial charge in [-0.15, -0.1) is 0 Å². The summed E-state index contributed by atoms with van der Waals surface area (Å²) in [6, 6.07) is 8.08. The Labute approximate surface area is 168 Å². The lowest BCUT2D eigenvalue weighted by Gasteiger charge is -2.35. The standard InChI is InChI=1S/C22H50O2Si2/c1-9-15-25(16-10-2,23-21(5)6)19-13-14-20-26(17-11-3,18-12-4)24-22(7)8/h21-22H,9-20H2,1-8H3. The summed E-state index contributed by atoms with van der Waals surface area (Å²) in [5, 5.41) is 0. The average Bonchev–Trinajstić information content (AvgIpc) is 2.51. The molecule has 0 saturated carbocycles. The predicted octanol–water partition coefficient (Wildman–Crippen LogP) is 8.15. The van der Waals surface area contributed by atoms with Crippen molar-refractivity contribution in [1.29, 1.82) is 0 Å². The molecule has 0 aromatic heterocycles. The van der Waals surface area contributed by atoms with E-state index in [4.69, 9.17) is 8.85 Å². The molecule has 0 unspecified atom stereocenters. The van der Waals surface area contributed by atoms with Crippen molar-refractivity contribution in [2.24, 2.45) is 0 Å². The maximum absolute atomic E-state index is 6.63. The minimum absolute atomic E-state index is 0.387. The molecule has 0 aliphatic heterocycles. The first-order valence-electron chi connectivity index (χ1n) is 11.6. The van der Waals surface area contributed by atoms with Gasteiger partial charge in [-0.3, -0.25) is 0 Å². The lowest BCUT2D eigenvalue weighted by molar-refractivity contribution is 0.219. The zero-order chi connectivity index (χ0) is 20.1. The van der Waals surface area contributed by atoms with Crippen molar-refractivity contribution in [2.45, 2.75) is 142 Å². The quantitative estimate of drug-likeness (QED) is 0.180. The lowest BCUT2D eigenvalue weighted by atomic mass is 10.4. The second-order valence-electron chi connectivity index (χ2n) is 8.91. The summed E-state index contributed by atoms with van der Waals surface area (Å²) in [7, 11) is -3.10. The number of unbranched alkanes of at least 4 members (excludes halogenated alkanes) is 1. The van der Waals surface area contributed by atoms with Crippen molar-refractivity contribution in [3.05, 3.63) is 0 Å². The molecule has 0 amide bonds. The Hall–Kier alpha value is 0.354. The Morgan fingerprint density at radius 2 is 0.769 bits per heavy atom. The molecule has 0 bridgehead atoms. The van der Waals surface area contributed by atoms with Crippen molar-refractivity contribution in [2.75, 3.05) is 0 Å². The summed E-state index contributed by atoms with van der Waals surface area (Å²) in [5.41, 5.74) is 0. The Morgan fingerprint density at radius 3 is 0.962 bits per heavy atom. The lowest BCUT2D eigenvalue weighted by Crippen LogP contribution is -2.41. The van der Waals surface area contributed by atoms with E-state index in [-0.39, 0.29) is 0 Å². The fraction of sp³-hybridized carbons (Fsp3) is 1.00. The molecule has 0 aromatic carbocycles. The first-order chi connectivity index (χ1) is 12.3. The summed E-state index contributed by atoms with van der Waals surface area (Å²) in [6.07, 6.45) is 8.58. The second-order valence-corrected chi connectivity index (χ2v) is 17.1. The highest BCUT2D eigenvalue weighted by Gasteiger charge is 2.36. The van der Waals surface area contributed by atoms with E-state index >= 15 is 0 Å². The van der Waals surface area contributed by atoms with E-state index in [0.717, 1.165) is 0 Å². The molecule has 0 rings (SSSR count). The Balaban J connectivity index is 4.86. The molecule has 2 nitrogen and oxygen atoms in total. The van der Waals surface area contributed by atoms with Gasteiger partial charge in [-0.1, -0.05) is 66.2 Å². The topological polar surface area (TPSA) is 18.5 Å². The molecule has 0 fully saturated rings. The Bertz CT molecular complexity index is 288. The van der Waals surface area contributed by atoms with E-state index in [1.54, 1.807) is 0 Å². The molecule has 0 atom stereocenters. The van der Waals surface area contributed by atoms with Crippen molar-refractivity contribution in [1.82, 2.24) is 0 Å². The number of rotatable bonds is 17. The van der Waals surface area contributed by atoms with Gasteiger partial charge in [0.1, 0.15) is 0 Å². The summed E-state index contributed by atoms with van der Waals surface area (Å²) in [4.78, 5) is 0. The molecular weight excluding hydrogens is 352 g/mol. The molecule has 0 aromatic rings. The van der Waals surface area contributed by atoms with E-state index in [1.165, 1.54) is 74.8 Å². The zero-order valence-electron chi connectivity index (χ0n) is 19.5. The molecule has 0 heterocycles. The minimum atomic E-state index is -1.55. The van der Waals surface area contributed by atoms with Gasteiger partial charge in [-0.05, 0) is 64.0 Å². The fourth-order valence-electron chi connectivity index (χ4n) is 4.82. The molecule has 0 aliphatic rings. The molecule has 0 saturated heterocycles. The summed E-state index contributed by atoms with van der Waals surface area (Å²) < 4.78 is 13.3. The van der Waals surface area contributed by atoms with Crippen LogP contribution in [0.25, 0.3) is 0 Å². The summed E-state index contributed by atoms with van der Waals surface area (Å²) in [6.45, 7) is 18.2. The van der Waals surface area contributed by atoms with Crippen molar-refractivity contribution in [3.8, 4) is 0 Å². The van der Waals surface area contributed by atoms with Crippen LogP contribution in [0.1, 0.15) is 93.9 Å². The van der Waals surface area contributed by atoms with Crippen LogP contribution in [-0.4, -0.2) is 28.8 Å². The van der Waals surface area contributed by atoms with Gasteiger partial charge in [0.25, 0.3) is 0 Å². The van der Waals surface area contributed by atoms with E-state index in [2.05, 4.69) is 55.4 Å². The van der Waals surface area contributed by atoms with Gasteiger partial charge in [0.15, 0.2) is 16.6 Å². The first kappa shape index (κ1) is 26.4. The molecule has 0 radical (unpaired) electrons. The van der Waals surface area contributed by atoms with Crippen LogP contribution in [0.3, 0.4) is 0 Å². The van der Waals surface area contributed by atoms with Crippen LogP contribution in [0.4, 0.5) is 0 Å². The number of hydrogen-bond acceptors (Lipinski definition) is 2. The van der Waals surface area contributed by atoms with Crippen LogP contribution in [0.15, 0.2) is 0 Å². The van der Waals surface area contributed by atoms with Crippen LogP contribution >= 0.6 is 0 Å². The van der Waals surface area contributed by atoms with Crippen molar-refractivity contribution < 1.29 is 8.85 Å². The van der Waals surface area contributed by atoms with Crippen LogP contribution in [0, 0.1) is 0 Å². The van der Waals surface area contributed by atoms with Gasteiger partial charge in [0, 0.05) is 12.2 Å². The predicted molar refractivity (Wildman–Crippen MR) is 123 cm³/mol. The molecule has 0 spiro atoms. The Kier molecular flexibility index (Phi) is 14.6. The molecule has 0 aliphatic carbocycles. The third-order valence-corrected chi connectivity index (χ3v) is 15.4. The first-order valence-corrected chi connectivity index (χ1v) is 16.7. The van der Waals surface area contributed by atoms with E-state index < -0.39 is 16.6 Å². The van der Waals surface area contributed by atoms with Crippen molar-refractivity contribution in [3.63, 3.8) is 0 Å². The average molecular weight is 403 g/mol. The molecule has 4 heteroatoms. The van der Waals surface area contributed by atoms with Gasteiger partial charge in [-0.25, -0.2) is 0 Å². The SMILES string of the molecule is CCC[Si](CCC)(CCCC[Si](CCC)(CCC)OC(C)C)OC(C)C. The van der Waals surface area contributed by atoms with Crippen LogP contribution < -0.4 is 0 Å². The normalized spacial score (nSPS) is 13.2. The fourth-order valence-corrected chi connectivity index (χ4v) is 14.5. The summed E-state index contributed by atoms with van der Waals surface area (Å²) >= 11 is 0. The van der Waals surface area contributed by atoms with Gasteiger partial charge in [0.2, 0.25) is 0 Å². The third-order valence-electron chi connectivity index (χ3n) is 5.31. The van der Waals surface area contributed by atoms with Gasteiger partial charge in [0.05, 0.1) is 0 Å². The highest BCUT2D eigenvalue weighted by Crippen LogP contribution is 2.33. The monoisotopic (exact) mass is 402 g/mol. The minimum Gasteiger partial charge on any atom is -0.414 e. The van der Waals surface area contributed by atoms with Gasteiger partial charge < -0.3 is 8.85 Å². The molecular formula is C22H50O2Si2. The maximum atomic E-state index is 6.63. The largest absolute Gasteiger partial charge is 0.414 e. The smallest absolute Gasteiger partial charge is 0.193 e. The third kappa shape index (κ3) is 10.6. The van der Waals surface area contributed by atoms with Crippen molar-refractivity contribution >= 4 is 16.6 Å². The molecule has 158 valence electrons. The molecule has 0 N–H and O–H groups in total. The highest BCUT2D eigenvalue weighted by molar-refractivity contribution is 6.74. The highest BCUT2D eigenvalue weighted by atomic mass is 28.4. The van der Waals surface area contributed by atoms with E-state index in [1.807, 2.05) is 0 Å². The van der Waals surface area contributed by atoms with E-state index in [9.17, 15) is 0 Å². The zero-order valence-corrected chi connectivity index (χ0v) is 21.5. The summed E-state index contributed by atoms with van der Waals surface area (Å²) in [5.74, 6) is 0. The Morgan fingerprint density at radius 1 is 0.500 bits per heavy atom. The van der Waals surface area contributed by atoms with Gasteiger partial charge >= 0.3 is 0 Å². The van der Waals surface area contributed by atoms with Gasteiger partial charge in [-0.2, -0.15) is 0 Å². The van der Waals surface area contributed by atoms with Crippen LogP contribution in [0.2, 0.25) is 36.3 Å². The van der Waals surface area contributed by atoms with Crippen LogP contribution in [-0.2, 0) is 8.85 Å². The number of hydrogen-bond donors (Lipinski definition) is 0. The molecule has 26 heavy (non-hydrogen) atoms. The van der Waals surface area contributed by atoms with Crippen LogP contribution in [0.5, 0.6) is 0 Å². The van der Waals surface area contributed by atoms with E-state index in [0.29, 0.717) is 12.2 Å². The second kappa shape index (κ2) is 14.4.